The van der Waals surface area contributed by atoms with Crippen molar-refractivity contribution in [3.63, 3.8) is 0 Å². The number of sulfone groups is 1. The number of hydrogen-bond donors (Lipinski definition) is 2. The van der Waals surface area contributed by atoms with E-state index in [0.29, 0.717) is 30.8 Å². The lowest BCUT2D eigenvalue weighted by Gasteiger charge is -2.32. The van der Waals surface area contributed by atoms with E-state index in [2.05, 4.69) is 4.72 Å². The Labute approximate surface area is 187 Å². The molecule has 0 radical (unpaired) electrons. The van der Waals surface area contributed by atoms with E-state index in [1.165, 1.54) is 30.3 Å². The van der Waals surface area contributed by atoms with Gasteiger partial charge in [0.15, 0.2) is 9.84 Å². The zero-order valence-electron chi connectivity index (χ0n) is 17.7. The average Bonchev–Trinajstić information content (AvgIpc) is 2.73. The Kier molecular flexibility index (Phi) is 6.80. The second-order valence-corrected chi connectivity index (χ2v) is 11.4. The van der Waals surface area contributed by atoms with Crippen molar-refractivity contribution in [3.05, 3.63) is 47.5 Å². The van der Waals surface area contributed by atoms with Crippen LogP contribution in [0.15, 0.2) is 46.2 Å². The van der Waals surface area contributed by atoms with Crippen LogP contribution in [0.2, 0.25) is 0 Å². The first-order valence-corrected chi connectivity index (χ1v) is 13.4. The molecular formula is C21H25FN2O6S2. The standard InChI is InChI=1S/C21H25FN2O6S2/c1-3-14-4-5-15(21(25)26)12-20(14)32(29,30)23-18-13-17(31(2,27)28)6-7-19(18)24-10-8-16(22)9-11-24/h4-7,12-13,16,23H,3,8-11H2,1-2H3,(H,25,26). The summed E-state index contributed by atoms with van der Waals surface area (Å²) in [5.41, 5.74) is 0.701. The monoisotopic (exact) mass is 484 g/mol. The number of aryl methyl sites for hydroxylation is 1. The Balaban J connectivity index is 2.10. The molecule has 1 aliphatic heterocycles. The van der Waals surface area contributed by atoms with Crippen LogP contribution in [0, 0.1) is 0 Å². The number of nitrogens with zero attached hydrogens (tertiary/aromatic N) is 1. The fraction of sp³-hybridized carbons (Fsp3) is 0.381. The van der Waals surface area contributed by atoms with E-state index in [-0.39, 0.29) is 33.9 Å². The summed E-state index contributed by atoms with van der Waals surface area (Å²) in [5.74, 6) is -1.27. The summed E-state index contributed by atoms with van der Waals surface area (Å²) in [5, 5.41) is 9.27. The van der Waals surface area contributed by atoms with Crippen molar-refractivity contribution in [1.82, 2.24) is 0 Å². The van der Waals surface area contributed by atoms with Gasteiger partial charge in [-0.15, -0.1) is 0 Å². The summed E-state index contributed by atoms with van der Waals surface area (Å²) < 4.78 is 66.7. The topological polar surface area (TPSA) is 121 Å². The molecule has 32 heavy (non-hydrogen) atoms. The number of piperidine rings is 1. The molecule has 0 unspecified atom stereocenters. The van der Waals surface area contributed by atoms with Crippen molar-refractivity contribution in [2.45, 2.75) is 42.1 Å². The molecule has 2 aromatic rings. The zero-order valence-corrected chi connectivity index (χ0v) is 19.3. The van der Waals surface area contributed by atoms with E-state index in [1.807, 2.05) is 0 Å². The summed E-state index contributed by atoms with van der Waals surface area (Å²) >= 11 is 0. The smallest absolute Gasteiger partial charge is 0.335 e. The van der Waals surface area contributed by atoms with Gasteiger partial charge in [-0.2, -0.15) is 0 Å². The molecular weight excluding hydrogens is 459 g/mol. The maximum atomic E-state index is 13.6. The van der Waals surface area contributed by atoms with Gasteiger partial charge in [-0.1, -0.05) is 13.0 Å². The number of nitrogens with one attached hydrogen (secondary N) is 1. The zero-order chi connectivity index (χ0) is 23.7. The van der Waals surface area contributed by atoms with Gasteiger partial charge >= 0.3 is 5.97 Å². The summed E-state index contributed by atoms with van der Waals surface area (Å²) in [6.07, 6.45) is 0.977. The van der Waals surface area contributed by atoms with Gasteiger partial charge in [0.2, 0.25) is 0 Å². The molecule has 0 atom stereocenters. The molecule has 11 heteroatoms. The number of rotatable bonds is 7. The number of carbonyl (C=O) groups is 1. The molecule has 1 aliphatic rings. The Morgan fingerprint density at radius 1 is 1.12 bits per heavy atom. The highest BCUT2D eigenvalue weighted by Gasteiger charge is 2.26. The minimum absolute atomic E-state index is 0.0352. The van der Waals surface area contributed by atoms with Crippen LogP contribution in [0.1, 0.15) is 35.7 Å². The fourth-order valence-electron chi connectivity index (χ4n) is 3.62. The molecule has 0 aliphatic carbocycles. The third-order valence-corrected chi connectivity index (χ3v) is 7.95. The molecule has 0 aromatic heterocycles. The summed E-state index contributed by atoms with van der Waals surface area (Å²) in [6, 6.07) is 7.97. The first kappa shape index (κ1) is 24.0. The van der Waals surface area contributed by atoms with E-state index < -0.39 is 32.0 Å². The highest BCUT2D eigenvalue weighted by atomic mass is 32.2. The van der Waals surface area contributed by atoms with Crippen LogP contribution in [0.3, 0.4) is 0 Å². The number of carboxylic acid groups (broad SMARTS) is 1. The molecule has 1 heterocycles. The van der Waals surface area contributed by atoms with Crippen LogP contribution in [0.4, 0.5) is 15.8 Å². The molecule has 2 N–H and O–H groups in total. The van der Waals surface area contributed by atoms with Crippen LogP contribution in [-0.4, -0.2) is 53.4 Å². The van der Waals surface area contributed by atoms with Gasteiger partial charge in [0, 0.05) is 19.3 Å². The van der Waals surface area contributed by atoms with Crippen LogP contribution in [0.25, 0.3) is 0 Å². The van der Waals surface area contributed by atoms with Crippen molar-refractivity contribution in [2.75, 3.05) is 29.0 Å². The molecule has 0 bridgehead atoms. The van der Waals surface area contributed by atoms with Gasteiger partial charge in [-0.25, -0.2) is 26.0 Å². The minimum Gasteiger partial charge on any atom is -0.478 e. The SMILES string of the molecule is CCc1ccc(C(=O)O)cc1S(=O)(=O)Nc1cc(S(C)(=O)=O)ccc1N1CCC(F)CC1. The summed E-state index contributed by atoms with van der Waals surface area (Å²) in [6.45, 7) is 2.44. The van der Waals surface area contributed by atoms with Crippen LogP contribution < -0.4 is 9.62 Å². The van der Waals surface area contributed by atoms with Crippen LogP contribution in [0.5, 0.6) is 0 Å². The number of alkyl halides is 1. The van der Waals surface area contributed by atoms with Gasteiger partial charge < -0.3 is 10.0 Å². The maximum absolute atomic E-state index is 13.6. The van der Waals surface area contributed by atoms with Crippen molar-refractivity contribution in [2.24, 2.45) is 0 Å². The molecule has 8 nitrogen and oxygen atoms in total. The second kappa shape index (κ2) is 9.07. The molecule has 3 rings (SSSR count). The van der Waals surface area contributed by atoms with Crippen molar-refractivity contribution >= 4 is 37.2 Å². The van der Waals surface area contributed by atoms with Gasteiger partial charge in [-0.3, -0.25) is 4.72 Å². The third-order valence-electron chi connectivity index (χ3n) is 5.39. The molecule has 0 amide bonds. The van der Waals surface area contributed by atoms with E-state index in [0.717, 1.165) is 12.3 Å². The van der Waals surface area contributed by atoms with E-state index in [4.69, 9.17) is 0 Å². The van der Waals surface area contributed by atoms with Crippen molar-refractivity contribution in [3.8, 4) is 0 Å². The predicted molar refractivity (Wildman–Crippen MR) is 119 cm³/mol. The van der Waals surface area contributed by atoms with Crippen LogP contribution in [-0.2, 0) is 26.3 Å². The number of aromatic carboxylic acids is 1. The maximum Gasteiger partial charge on any atom is 0.335 e. The Bertz CT molecular complexity index is 1240. The second-order valence-electron chi connectivity index (χ2n) is 7.70. The average molecular weight is 485 g/mol. The lowest BCUT2D eigenvalue weighted by atomic mass is 10.1. The number of halogens is 1. The number of benzene rings is 2. The number of hydrogen-bond acceptors (Lipinski definition) is 6. The summed E-state index contributed by atoms with van der Waals surface area (Å²) in [4.78, 5) is 12.9. The van der Waals surface area contributed by atoms with E-state index in [9.17, 15) is 31.1 Å². The van der Waals surface area contributed by atoms with Crippen molar-refractivity contribution in [1.29, 1.82) is 0 Å². The Morgan fingerprint density at radius 2 is 1.78 bits per heavy atom. The van der Waals surface area contributed by atoms with Gasteiger partial charge in [0.1, 0.15) is 6.17 Å². The normalized spacial score (nSPS) is 15.5. The van der Waals surface area contributed by atoms with Gasteiger partial charge in [0.25, 0.3) is 10.0 Å². The molecule has 1 saturated heterocycles. The quantitative estimate of drug-likeness (QED) is 0.619. The van der Waals surface area contributed by atoms with Gasteiger partial charge in [0.05, 0.1) is 26.7 Å². The highest BCUT2D eigenvalue weighted by molar-refractivity contribution is 7.92. The van der Waals surface area contributed by atoms with Crippen molar-refractivity contribution < 1.29 is 31.1 Å². The fourth-order valence-corrected chi connectivity index (χ4v) is 5.67. The Morgan fingerprint density at radius 3 is 2.34 bits per heavy atom. The number of sulfonamides is 1. The van der Waals surface area contributed by atoms with E-state index >= 15 is 0 Å². The minimum atomic E-state index is -4.26. The van der Waals surface area contributed by atoms with Crippen LogP contribution >= 0.6 is 0 Å². The Hall–Kier alpha value is -2.66. The number of carboxylic acids is 1. The highest BCUT2D eigenvalue weighted by Crippen LogP contribution is 2.33. The molecule has 174 valence electrons. The number of anilines is 2. The molecule has 0 spiro atoms. The van der Waals surface area contributed by atoms with Gasteiger partial charge in [-0.05, 0) is 55.2 Å². The van der Waals surface area contributed by atoms with E-state index in [1.54, 1.807) is 11.8 Å². The lowest BCUT2D eigenvalue weighted by molar-refractivity contribution is 0.0696. The molecule has 1 fully saturated rings. The lowest BCUT2D eigenvalue weighted by Crippen LogP contribution is -2.35. The molecule has 0 saturated carbocycles. The summed E-state index contributed by atoms with van der Waals surface area (Å²) in [7, 11) is -7.88. The largest absolute Gasteiger partial charge is 0.478 e. The first-order valence-electron chi connectivity index (χ1n) is 10.0. The third kappa shape index (κ3) is 5.21. The predicted octanol–water partition coefficient (Wildman–Crippen LogP) is 3.09. The molecule has 2 aromatic carbocycles. The first-order chi connectivity index (χ1) is 14.9.